The molecular weight excluding hydrogens is 216 g/mol. The molecule has 0 aliphatic carbocycles. The van der Waals surface area contributed by atoms with Crippen molar-refractivity contribution in [2.24, 2.45) is 23.2 Å². The van der Waals surface area contributed by atoms with Crippen LogP contribution in [0.1, 0.15) is 93.4 Å². The Bertz CT molecular complexity index is 187. The standard InChI is InChI=1S/C18H38/c1-8-9-10-11-12-13-14-15(2)16(3)17(4)18(5,6)7/h15-17H,8-14H2,1-7H3. The Balaban J connectivity index is 3.78. The van der Waals surface area contributed by atoms with Gasteiger partial charge in [-0.3, -0.25) is 0 Å². The molecule has 0 N–H and O–H groups in total. The van der Waals surface area contributed by atoms with Gasteiger partial charge in [-0.05, 0) is 23.2 Å². The molecule has 0 amide bonds. The van der Waals surface area contributed by atoms with Gasteiger partial charge in [0.1, 0.15) is 0 Å². The van der Waals surface area contributed by atoms with Crippen LogP contribution in [0.15, 0.2) is 0 Å². The van der Waals surface area contributed by atoms with Gasteiger partial charge in [-0.25, -0.2) is 0 Å². The monoisotopic (exact) mass is 254 g/mol. The summed E-state index contributed by atoms with van der Waals surface area (Å²) in [5.41, 5.74) is 0.453. The SMILES string of the molecule is CCCCCCCCC(C)C(C)C(C)C(C)(C)C. The molecule has 3 atom stereocenters. The van der Waals surface area contributed by atoms with E-state index in [4.69, 9.17) is 0 Å². The zero-order valence-corrected chi connectivity index (χ0v) is 14.2. The molecule has 0 heteroatoms. The molecule has 0 aliphatic rings. The summed E-state index contributed by atoms with van der Waals surface area (Å²) in [5.74, 6) is 2.54. The largest absolute Gasteiger partial charge is 0.0654 e. The average molecular weight is 255 g/mol. The van der Waals surface area contributed by atoms with E-state index in [1.807, 2.05) is 0 Å². The highest BCUT2D eigenvalue weighted by molar-refractivity contribution is 4.77. The minimum atomic E-state index is 0.453. The third-order valence-corrected chi connectivity index (χ3v) is 5.07. The molecule has 110 valence electrons. The fourth-order valence-electron chi connectivity index (χ4n) is 2.79. The van der Waals surface area contributed by atoms with Crippen LogP contribution in [0.5, 0.6) is 0 Å². The van der Waals surface area contributed by atoms with E-state index < -0.39 is 0 Å². The lowest BCUT2D eigenvalue weighted by Crippen LogP contribution is -2.27. The summed E-state index contributed by atoms with van der Waals surface area (Å²) in [7, 11) is 0. The lowest BCUT2D eigenvalue weighted by Gasteiger charge is -2.36. The van der Waals surface area contributed by atoms with Crippen molar-refractivity contribution in [3.8, 4) is 0 Å². The summed E-state index contributed by atoms with van der Waals surface area (Å²) in [6, 6.07) is 0. The van der Waals surface area contributed by atoms with Crippen LogP contribution in [-0.4, -0.2) is 0 Å². The van der Waals surface area contributed by atoms with Gasteiger partial charge in [0.2, 0.25) is 0 Å². The van der Waals surface area contributed by atoms with Crippen molar-refractivity contribution in [3.05, 3.63) is 0 Å². The number of unbranched alkanes of at least 4 members (excludes halogenated alkanes) is 5. The molecule has 0 radical (unpaired) electrons. The summed E-state index contributed by atoms with van der Waals surface area (Å²) in [6.45, 7) is 16.8. The number of hydrogen-bond acceptors (Lipinski definition) is 0. The van der Waals surface area contributed by atoms with E-state index in [0.717, 1.165) is 17.8 Å². The molecule has 0 rings (SSSR count). The second kappa shape index (κ2) is 8.99. The molecule has 0 saturated heterocycles. The van der Waals surface area contributed by atoms with Crippen molar-refractivity contribution >= 4 is 0 Å². The van der Waals surface area contributed by atoms with E-state index >= 15 is 0 Å². The van der Waals surface area contributed by atoms with E-state index in [1.54, 1.807) is 0 Å². The van der Waals surface area contributed by atoms with Crippen molar-refractivity contribution in [1.29, 1.82) is 0 Å². The molecular formula is C18H38. The van der Waals surface area contributed by atoms with Gasteiger partial charge in [-0.2, -0.15) is 0 Å². The third-order valence-electron chi connectivity index (χ3n) is 5.07. The Hall–Kier alpha value is 0. The molecule has 0 spiro atoms. The molecule has 0 nitrogen and oxygen atoms in total. The van der Waals surface area contributed by atoms with Crippen LogP contribution >= 0.6 is 0 Å². The predicted molar refractivity (Wildman–Crippen MR) is 84.9 cm³/mol. The zero-order valence-electron chi connectivity index (χ0n) is 14.2. The fourth-order valence-corrected chi connectivity index (χ4v) is 2.79. The van der Waals surface area contributed by atoms with Crippen LogP contribution < -0.4 is 0 Å². The highest BCUT2D eigenvalue weighted by Gasteiger charge is 2.28. The van der Waals surface area contributed by atoms with Crippen LogP contribution in [0.4, 0.5) is 0 Å². The summed E-state index contributed by atoms with van der Waals surface area (Å²) in [6.07, 6.45) is 9.98. The predicted octanol–water partition coefficient (Wildman–Crippen LogP) is 6.69. The maximum Gasteiger partial charge on any atom is -0.0354 e. The number of rotatable bonds is 9. The van der Waals surface area contributed by atoms with Crippen molar-refractivity contribution in [1.82, 2.24) is 0 Å². The molecule has 0 aromatic heterocycles. The Kier molecular flexibility index (Phi) is 8.99. The van der Waals surface area contributed by atoms with Gasteiger partial charge >= 0.3 is 0 Å². The van der Waals surface area contributed by atoms with Gasteiger partial charge in [0.25, 0.3) is 0 Å². The average Bonchev–Trinajstić information content (AvgIpc) is 2.30. The minimum Gasteiger partial charge on any atom is -0.0654 e. The molecule has 0 aliphatic heterocycles. The van der Waals surface area contributed by atoms with Gasteiger partial charge in [0, 0.05) is 0 Å². The van der Waals surface area contributed by atoms with Crippen molar-refractivity contribution < 1.29 is 0 Å². The van der Waals surface area contributed by atoms with Crippen molar-refractivity contribution in [2.45, 2.75) is 93.4 Å². The molecule has 0 aromatic carbocycles. The van der Waals surface area contributed by atoms with E-state index in [2.05, 4.69) is 48.5 Å². The first kappa shape index (κ1) is 18.0. The van der Waals surface area contributed by atoms with Crippen LogP contribution in [0.3, 0.4) is 0 Å². The smallest absolute Gasteiger partial charge is 0.0354 e. The Morgan fingerprint density at radius 3 is 1.78 bits per heavy atom. The Labute approximate surface area is 117 Å². The van der Waals surface area contributed by atoms with Gasteiger partial charge in [-0.15, -0.1) is 0 Å². The highest BCUT2D eigenvalue weighted by Crippen LogP contribution is 2.36. The van der Waals surface area contributed by atoms with E-state index in [1.165, 1.54) is 44.9 Å². The van der Waals surface area contributed by atoms with Crippen LogP contribution in [0.25, 0.3) is 0 Å². The third kappa shape index (κ3) is 7.44. The molecule has 3 unspecified atom stereocenters. The van der Waals surface area contributed by atoms with Crippen molar-refractivity contribution in [2.75, 3.05) is 0 Å². The molecule has 18 heavy (non-hydrogen) atoms. The normalized spacial score (nSPS) is 17.5. The minimum absolute atomic E-state index is 0.453. The first-order valence-electron chi connectivity index (χ1n) is 8.30. The number of hydrogen-bond donors (Lipinski definition) is 0. The maximum absolute atomic E-state index is 2.46. The van der Waals surface area contributed by atoms with Gasteiger partial charge in [0.15, 0.2) is 0 Å². The summed E-state index contributed by atoms with van der Waals surface area (Å²) < 4.78 is 0. The first-order chi connectivity index (χ1) is 8.30. The second-order valence-corrected chi connectivity index (χ2v) is 7.55. The lowest BCUT2D eigenvalue weighted by molar-refractivity contribution is 0.140. The zero-order chi connectivity index (χ0) is 14.2. The molecule has 0 saturated carbocycles. The van der Waals surface area contributed by atoms with Crippen LogP contribution in [0.2, 0.25) is 0 Å². The maximum atomic E-state index is 2.46. The van der Waals surface area contributed by atoms with Crippen LogP contribution in [-0.2, 0) is 0 Å². The van der Waals surface area contributed by atoms with Crippen molar-refractivity contribution in [3.63, 3.8) is 0 Å². The molecule has 0 bridgehead atoms. The quantitative estimate of drug-likeness (QED) is 0.402. The molecule has 0 heterocycles. The Morgan fingerprint density at radius 2 is 1.28 bits per heavy atom. The second-order valence-electron chi connectivity index (χ2n) is 7.55. The van der Waals surface area contributed by atoms with E-state index in [0.29, 0.717) is 5.41 Å². The molecule has 0 aromatic rings. The highest BCUT2D eigenvalue weighted by atomic mass is 14.3. The topological polar surface area (TPSA) is 0 Å². The van der Waals surface area contributed by atoms with E-state index in [-0.39, 0.29) is 0 Å². The fraction of sp³-hybridized carbons (Fsp3) is 1.00. The Morgan fingerprint density at radius 1 is 0.778 bits per heavy atom. The molecule has 0 fully saturated rings. The van der Waals surface area contributed by atoms with Crippen LogP contribution in [0, 0.1) is 23.2 Å². The van der Waals surface area contributed by atoms with Gasteiger partial charge in [-0.1, -0.05) is 93.4 Å². The van der Waals surface area contributed by atoms with Gasteiger partial charge in [0.05, 0.1) is 0 Å². The summed E-state index contributed by atoms with van der Waals surface area (Å²) in [4.78, 5) is 0. The van der Waals surface area contributed by atoms with E-state index in [9.17, 15) is 0 Å². The van der Waals surface area contributed by atoms with Gasteiger partial charge < -0.3 is 0 Å². The summed E-state index contributed by atoms with van der Waals surface area (Å²) in [5, 5.41) is 0. The lowest BCUT2D eigenvalue weighted by atomic mass is 9.70. The summed E-state index contributed by atoms with van der Waals surface area (Å²) >= 11 is 0. The first-order valence-corrected chi connectivity index (χ1v) is 8.30.